The van der Waals surface area contributed by atoms with Gasteiger partial charge in [-0.15, -0.1) is 0 Å². The molecule has 1 aliphatic rings. The number of allylic oxidation sites excluding steroid dienone is 1. The number of hydrazone groups is 1. The highest BCUT2D eigenvalue weighted by Crippen LogP contribution is 2.19. The summed E-state index contributed by atoms with van der Waals surface area (Å²) in [5, 5.41) is 27.6. The average Bonchev–Trinajstić information content (AvgIpc) is 2.56. The SMILES string of the molecule is C1=NNN(c2ccccc2)C=C1c1ccccc1.OB(O)O. The van der Waals surface area contributed by atoms with Crippen molar-refractivity contribution in [2.45, 2.75) is 0 Å². The van der Waals surface area contributed by atoms with Gasteiger partial charge < -0.3 is 15.1 Å². The smallest absolute Gasteiger partial charge is 0.402 e. The summed E-state index contributed by atoms with van der Waals surface area (Å²) in [5.41, 5.74) is 6.26. The third kappa shape index (κ3) is 4.74. The van der Waals surface area contributed by atoms with Crippen molar-refractivity contribution in [2.24, 2.45) is 5.10 Å². The third-order valence-corrected chi connectivity index (χ3v) is 2.78. The lowest BCUT2D eigenvalue weighted by Crippen LogP contribution is -2.31. The minimum absolute atomic E-state index is 1.06. The molecule has 2 aromatic carbocycles. The molecule has 0 fully saturated rings. The first-order valence-corrected chi connectivity index (χ1v) is 6.61. The summed E-state index contributed by atoms with van der Waals surface area (Å²) in [4.78, 5) is 0. The highest BCUT2D eigenvalue weighted by atomic mass is 16.5. The summed E-state index contributed by atoms with van der Waals surface area (Å²) in [7, 11) is -2.17. The fourth-order valence-corrected chi connectivity index (χ4v) is 1.86. The molecule has 6 nitrogen and oxygen atoms in total. The van der Waals surface area contributed by atoms with Crippen molar-refractivity contribution in [2.75, 3.05) is 5.01 Å². The van der Waals surface area contributed by atoms with Gasteiger partial charge in [-0.2, -0.15) is 5.10 Å². The van der Waals surface area contributed by atoms with Crippen LogP contribution in [0, 0.1) is 0 Å². The summed E-state index contributed by atoms with van der Waals surface area (Å²) >= 11 is 0. The Hall–Kier alpha value is -2.61. The standard InChI is InChI=1S/C15H13N3.BH3O3/c1-3-7-13(8-4-1)14-11-16-17-18(12-14)15-9-5-2-6-10-15;2-1(3)4/h1-12,17H;2-4H. The predicted octanol–water partition coefficient (Wildman–Crippen LogP) is 0.986. The summed E-state index contributed by atoms with van der Waals surface area (Å²) in [6, 6.07) is 20.3. The van der Waals surface area contributed by atoms with E-state index in [9.17, 15) is 0 Å². The van der Waals surface area contributed by atoms with Crippen LogP contribution in [0.2, 0.25) is 0 Å². The molecule has 7 heteroatoms. The molecule has 0 aliphatic carbocycles. The van der Waals surface area contributed by atoms with Crippen molar-refractivity contribution in [1.82, 2.24) is 5.53 Å². The molecule has 0 bridgehead atoms. The van der Waals surface area contributed by atoms with Crippen LogP contribution in [0.15, 0.2) is 72.0 Å². The van der Waals surface area contributed by atoms with Crippen molar-refractivity contribution >= 4 is 24.8 Å². The first-order chi connectivity index (χ1) is 10.7. The second-order valence-electron chi connectivity index (χ2n) is 4.36. The van der Waals surface area contributed by atoms with Crippen LogP contribution in [-0.2, 0) is 0 Å². The van der Waals surface area contributed by atoms with E-state index < -0.39 is 7.32 Å². The first kappa shape index (κ1) is 15.8. The van der Waals surface area contributed by atoms with E-state index in [0.717, 1.165) is 16.8 Å². The van der Waals surface area contributed by atoms with Crippen molar-refractivity contribution in [1.29, 1.82) is 0 Å². The average molecular weight is 297 g/mol. The molecule has 2 aromatic rings. The van der Waals surface area contributed by atoms with Crippen molar-refractivity contribution in [3.63, 3.8) is 0 Å². The van der Waals surface area contributed by atoms with Gasteiger partial charge in [0.2, 0.25) is 0 Å². The molecule has 4 N–H and O–H groups in total. The van der Waals surface area contributed by atoms with E-state index in [0.29, 0.717) is 0 Å². The van der Waals surface area contributed by atoms with Gasteiger partial charge in [0, 0.05) is 11.8 Å². The van der Waals surface area contributed by atoms with Crippen LogP contribution in [-0.4, -0.2) is 28.6 Å². The summed E-state index contributed by atoms with van der Waals surface area (Å²) in [5.74, 6) is 0. The molecule has 1 heterocycles. The molecule has 0 saturated carbocycles. The zero-order valence-corrected chi connectivity index (χ0v) is 11.7. The maximum absolute atomic E-state index is 7.17. The number of rotatable bonds is 2. The van der Waals surface area contributed by atoms with Gasteiger partial charge in [0.1, 0.15) is 0 Å². The van der Waals surface area contributed by atoms with E-state index >= 15 is 0 Å². The molecular weight excluding hydrogens is 281 g/mol. The number of anilines is 1. The Kier molecular flexibility index (Phi) is 5.73. The molecule has 3 rings (SSSR count). The van der Waals surface area contributed by atoms with Gasteiger partial charge >= 0.3 is 7.32 Å². The summed E-state index contributed by atoms with van der Waals surface area (Å²) < 4.78 is 0. The minimum atomic E-state index is -2.17. The van der Waals surface area contributed by atoms with E-state index in [4.69, 9.17) is 15.1 Å². The topological polar surface area (TPSA) is 88.3 Å². The maximum Gasteiger partial charge on any atom is 0.631 e. The Labute approximate surface area is 128 Å². The van der Waals surface area contributed by atoms with Crippen molar-refractivity contribution in [3.05, 3.63) is 72.4 Å². The van der Waals surface area contributed by atoms with Gasteiger partial charge in [-0.1, -0.05) is 48.5 Å². The van der Waals surface area contributed by atoms with Crippen LogP contribution in [0.3, 0.4) is 0 Å². The fourth-order valence-electron chi connectivity index (χ4n) is 1.86. The number of hydrazine groups is 1. The monoisotopic (exact) mass is 297 g/mol. The lowest BCUT2D eigenvalue weighted by Gasteiger charge is -2.23. The molecule has 1 aliphatic heterocycles. The van der Waals surface area contributed by atoms with E-state index in [-0.39, 0.29) is 0 Å². The predicted molar refractivity (Wildman–Crippen MR) is 87.4 cm³/mol. The number of benzene rings is 2. The molecule has 0 spiro atoms. The van der Waals surface area contributed by atoms with Gasteiger partial charge in [0.25, 0.3) is 0 Å². The Morgan fingerprint density at radius 2 is 1.41 bits per heavy atom. The molecule has 0 amide bonds. The van der Waals surface area contributed by atoms with Gasteiger partial charge in [-0.3, -0.25) is 0 Å². The van der Waals surface area contributed by atoms with E-state index in [1.54, 1.807) is 0 Å². The largest absolute Gasteiger partial charge is 0.631 e. The first-order valence-electron chi connectivity index (χ1n) is 6.61. The Bertz CT molecular complexity index is 630. The zero-order chi connectivity index (χ0) is 15.8. The highest BCUT2D eigenvalue weighted by Gasteiger charge is 2.08. The van der Waals surface area contributed by atoms with Gasteiger partial charge in [-0.25, -0.2) is 10.5 Å². The molecular formula is C15H16BN3O3. The Balaban J connectivity index is 0.000000396. The van der Waals surface area contributed by atoms with Gasteiger partial charge in [-0.05, 0) is 17.7 Å². The quantitative estimate of drug-likeness (QED) is 0.621. The van der Waals surface area contributed by atoms with Crippen LogP contribution < -0.4 is 10.5 Å². The summed E-state index contributed by atoms with van der Waals surface area (Å²) in [6.45, 7) is 0. The number of para-hydroxylation sites is 1. The van der Waals surface area contributed by atoms with Crippen molar-refractivity contribution < 1.29 is 15.1 Å². The maximum atomic E-state index is 7.17. The van der Waals surface area contributed by atoms with Crippen LogP contribution in [0.4, 0.5) is 5.69 Å². The number of nitrogens with one attached hydrogen (secondary N) is 1. The molecule has 0 radical (unpaired) electrons. The molecule has 0 unspecified atom stereocenters. The van der Waals surface area contributed by atoms with Crippen molar-refractivity contribution in [3.8, 4) is 0 Å². The molecule has 0 saturated heterocycles. The highest BCUT2D eigenvalue weighted by molar-refractivity contribution is 6.30. The van der Waals surface area contributed by atoms with Gasteiger partial charge in [0.15, 0.2) is 0 Å². The van der Waals surface area contributed by atoms with Crippen LogP contribution >= 0.6 is 0 Å². The second-order valence-corrected chi connectivity index (χ2v) is 4.36. The fraction of sp³-hybridized carbons (Fsp3) is 0. The molecule has 0 atom stereocenters. The van der Waals surface area contributed by atoms with Crippen LogP contribution in [0.1, 0.15) is 5.56 Å². The third-order valence-electron chi connectivity index (χ3n) is 2.78. The van der Waals surface area contributed by atoms with Crippen LogP contribution in [0.25, 0.3) is 5.57 Å². The second kappa shape index (κ2) is 7.99. The minimum Gasteiger partial charge on any atom is -0.402 e. The molecule has 0 aromatic heterocycles. The Morgan fingerprint density at radius 3 is 2.00 bits per heavy atom. The van der Waals surface area contributed by atoms with Crippen LogP contribution in [0.5, 0.6) is 0 Å². The summed E-state index contributed by atoms with van der Waals surface area (Å²) in [6.07, 6.45) is 3.87. The Morgan fingerprint density at radius 1 is 0.864 bits per heavy atom. The van der Waals surface area contributed by atoms with E-state index in [1.807, 2.05) is 66.0 Å². The molecule has 112 valence electrons. The number of hydrogen-bond donors (Lipinski definition) is 4. The normalized spacial score (nSPS) is 12.7. The van der Waals surface area contributed by atoms with E-state index in [2.05, 4.69) is 22.8 Å². The molecule has 22 heavy (non-hydrogen) atoms. The lowest BCUT2D eigenvalue weighted by atomic mass is 10.1. The number of hydrogen-bond acceptors (Lipinski definition) is 6. The van der Waals surface area contributed by atoms with E-state index in [1.165, 1.54) is 0 Å². The lowest BCUT2D eigenvalue weighted by molar-refractivity contribution is 0.278. The number of nitrogens with zero attached hydrogens (tertiary/aromatic N) is 2. The van der Waals surface area contributed by atoms with Gasteiger partial charge in [0.05, 0.1) is 11.9 Å². The zero-order valence-electron chi connectivity index (χ0n) is 11.7.